The first-order chi connectivity index (χ1) is 33.2. The van der Waals surface area contributed by atoms with E-state index in [0.717, 1.165) is 38.5 Å². The Labute approximate surface area is 417 Å². The first-order valence-electron chi connectivity index (χ1n) is 29.1. The lowest BCUT2D eigenvalue weighted by molar-refractivity contribution is -0.303. The van der Waals surface area contributed by atoms with Gasteiger partial charge in [0.2, 0.25) is 5.91 Å². The van der Waals surface area contributed by atoms with Gasteiger partial charge in [-0.25, -0.2) is 0 Å². The molecule has 68 heavy (non-hydrogen) atoms. The van der Waals surface area contributed by atoms with E-state index in [1.54, 1.807) is 0 Å². The number of unbranched alkanes of at least 4 members (excludes halogenated alkanes) is 36. The van der Waals surface area contributed by atoms with Gasteiger partial charge in [-0.15, -0.1) is 0 Å². The topological polar surface area (TPSA) is 189 Å². The molecule has 1 aliphatic rings. The van der Waals surface area contributed by atoms with Crippen LogP contribution in [0.4, 0.5) is 0 Å². The number of amides is 1. The summed E-state index contributed by atoms with van der Waals surface area (Å²) in [5.41, 5.74) is 0. The molecule has 0 aromatic rings. The van der Waals surface area contributed by atoms with Crippen LogP contribution in [0, 0.1) is 0 Å². The quantitative estimate of drug-likeness (QED) is 0.0215. The van der Waals surface area contributed by atoms with E-state index in [4.69, 9.17) is 9.47 Å². The van der Waals surface area contributed by atoms with Crippen LogP contribution in [0.2, 0.25) is 0 Å². The summed E-state index contributed by atoms with van der Waals surface area (Å²) in [5, 5.41) is 75.8. The van der Waals surface area contributed by atoms with E-state index in [2.05, 4.69) is 31.3 Å². The van der Waals surface area contributed by atoms with Gasteiger partial charge in [0.25, 0.3) is 0 Å². The molecular weight excluding hydrogens is 859 g/mol. The van der Waals surface area contributed by atoms with Crippen molar-refractivity contribution in [1.82, 2.24) is 5.32 Å². The molecule has 1 saturated heterocycles. The molecule has 0 bridgehead atoms. The van der Waals surface area contributed by atoms with Gasteiger partial charge in [-0.3, -0.25) is 4.79 Å². The Kier molecular flexibility index (Phi) is 44.7. The van der Waals surface area contributed by atoms with Gasteiger partial charge in [0.05, 0.1) is 25.4 Å². The summed E-state index contributed by atoms with van der Waals surface area (Å²) in [7, 11) is 0. The molecule has 1 rings (SSSR count). The van der Waals surface area contributed by atoms with Crippen molar-refractivity contribution >= 4 is 5.91 Å². The second-order valence-corrected chi connectivity index (χ2v) is 20.7. The molecule has 11 heteroatoms. The second-order valence-electron chi connectivity index (χ2n) is 20.7. The van der Waals surface area contributed by atoms with Crippen LogP contribution >= 0.6 is 0 Å². The molecule has 0 spiro atoms. The summed E-state index contributed by atoms with van der Waals surface area (Å²) in [5.74, 6) is -0.706. The molecule has 404 valence electrons. The SMILES string of the molecule is CCCCCCCCCCCCCCCCCCCCCCCCCCCCC/C=C/CCCC(O)C(O)C(COC1OC(CO)C(O)C(O)C1O)NC(=O)C(O)CCCCCCCCCCC. The molecule has 11 nitrogen and oxygen atoms in total. The highest BCUT2D eigenvalue weighted by Gasteiger charge is 2.44. The summed E-state index contributed by atoms with van der Waals surface area (Å²) >= 11 is 0. The third kappa shape index (κ3) is 35.1. The highest BCUT2D eigenvalue weighted by Crippen LogP contribution is 2.23. The Bertz CT molecular complexity index is 1110. The Hall–Kier alpha value is -1.15. The normalized spacial score (nSPS) is 20.5. The molecule has 0 saturated carbocycles. The molecule has 0 aromatic heterocycles. The standard InChI is InChI=1S/C57H111NO10/c1-3-5-7-9-11-13-14-15-16-17-18-19-20-21-22-23-24-25-26-27-28-29-30-31-32-33-34-35-37-38-40-42-44-49(60)52(62)48(47-67-57-55(65)54(64)53(63)51(46-59)68-57)58-56(66)50(61)45-43-41-39-36-12-10-8-6-4-2/h37-38,48-55,57,59-65H,3-36,39-47H2,1-2H3,(H,58,66)/b38-37+. The van der Waals surface area contributed by atoms with E-state index in [-0.39, 0.29) is 12.8 Å². The molecule has 1 heterocycles. The summed E-state index contributed by atoms with van der Waals surface area (Å²) in [6, 6.07) is -1.18. The molecule has 9 unspecified atom stereocenters. The molecule has 1 amide bonds. The predicted molar refractivity (Wildman–Crippen MR) is 279 cm³/mol. The van der Waals surface area contributed by atoms with E-state index >= 15 is 0 Å². The zero-order valence-corrected chi connectivity index (χ0v) is 44.1. The summed E-state index contributed by atoms with van der Waals surface area (Å²) < 4.78 is 11.1. The van der Waals surface area contributed by atoms with Gasteiger partial charge < -0.3 is 50.5 Å². The van der Waals surface area contributed by atoms with Gasteiger partial charge in [0.1, 0.15) is 36.6 Å². The van der Waals surface area contributed by atoms with Crippen LogP contribution in [0.3, 0.4) is 0 Å². The minimum absolute atomic E-state index is 0.257. The summed E-state index contributed by atoms with van der Waals surface area (Å²) in [6.45, 7) is 3.42. The zero-order valence-electron chi connectivity index (χ0n) is 44.1. The van der Waals surface area contributed by atoms with Crippen LogP contribution in [-0.2, 0) is 14.3 Å². The van der Waals surface area contributed by atoms with Gasteiger partial charge in [-0.05, 0) is 38.5 Å². The van der Waals surface area contributed by atoms with Crippen LogP contribution in [0.5, 0.6) is 0 Å². The number of aliphatic hydroxyl groups excluding tert-OH is 7. The van der Waals surface area contributed by atoms with Crippen LogP contribution in [0.1, 0.15) is 277 Å². The average molecular weight is 971 g/mol. The van der Waals surface area contributed by atoms with E-state index in [1.165, 1.54) is 199 Å². The van der Waals surface area contributed by atoms with Crippen molar-refractivity contribution in [3.63, 3.8) is 0 Å². The number of hydrogen-bond acceptors (Lipinski definition) is 10. The third-order valence-corrected chi connectivity index (χ3v) is 14.3. The van der Waals surface area contributed by atoms with Gasteiger partial charge in [0.15, 0.2) is 6.29 Å². The van der Waals surface area contributed by atoms with Crippen molar-refractivity contribution in [2.24, 2.45) is 0 Å². The maximum atomic E-state index is 13.1. The zero-order chi connectivity index (χ0) is 49.7. The molecule has 0 aliphatic carbocycles. The molecule has 1 fully saturated rings. The molecule has 0 aromatic carbocycles. The summed E-state index contributed by atoms with van der Waals surface area (Å²) in [4.78, 5) is 13.1. The number of hydrogen-bond donors (Lipinski definition) is 8. The van der Waals surface area contributed by atoms with Crippen molar-refractivity contribution < 1.29 is 50.0 Å². The number of carbonyl (C=O) groups is 1. The Morgan fingerprint density at radius 2 is 0.868 bits per heavy atom. The maximum Gasteiger partial charge on any atom is 0.249 e. The number of aliphatic hydroxyl groups is 7. The van der Waals surface area contributed by atoms with E-state index in [9.17, 15) is 40.5 Å². The fourth-order valence-corrected chi connectivity index (χ4v) is 9.56. The lowest BCUT2D eigenvalue weighted by atomic mass is 9.98. The van der Waals surface area contributed by atoms with Crippen molar-refractivity contribution in [2.75, 3.05) is 13.2 Å². The molecular formula is C57H111NO10. The maximum absolute atomic E-state index is 13.1. The van der Waals surface area contributed by atoms with E-state index < -0.39 is 74.2 Å². The predicted octanol–water partition coefficient (Wildman–Crippen LogP) is 12.0. The van der Waals surface area contributed by atoms with Gasteiger partial charge in [-0.1, -0.05) is 251 Å². The Morgan fingerprint density at radius 3 is 1.26 bits per heavy atom. The van der Waals surface area contributed by atoms with Gasteiger partial charge in [0, 0.05) is 0 Å². The fourth-order valence-electron chi connectivity index (χ4n) is 9.56. The van der Waals surface area contributed by atoms with Gasteiger partial charge >= 0.3 is 0 Å². The number of allylic oxidation sites excluding steroid dienone is 2. The highest BCUT2D eigenvalue weighted by molar-refractivity contribution is 5.80. The Balaban J connectivity index is 2.18. The minimum Gasteiger partial charge on any atom is -0.394 e. The van der Waals surface area contributed by atoms with Gasteiger partial charge in [-0.2, -0.15) is 0 Å². The van der Waals surface area contributed by atoms with Crippen molar-refractivity contribution in [3.05, 3.63) is 12.2 Å². The number of carbonyl (C=O) groups excluding carboxylic acids is 1. The first kappa shape index (κ1) is 64.9. The highest BCUT2D eigenvalue weighted by atomic mass is 16.7. The smallest absolute Gasteiger partial charge is 0.249 e. The minimum atomic E-state index is -1.66. The van der Waals surface area contributed by atoms with Crippen molar-refractivity contribution in [3.8, 4) is 0 Å². The van der Waals surface area contributed by atoms with Crippen LogP contribution in [0.25, 0.3) is 0 Å². The number of nitrogens with one attached hydrogen (secondary N) is 1. The first-order valence-corrected chi connectivity index (χ1v) is 29.1. The number of rotatable bonds is 50. The Morgan fingerprint density at radius 1 is 0.500 bits per heavy atom. The molecule has 8 N–H and O–H groups in total. The van der Waals surface area contributed by atoms with Crippen molar-refractivity contribution in [1.29, 1.82) is 0 Å². The van der Waals surface area contributed by atoms with Crippen molar-refractivity contribution in [2.45, 2.75) is 332 Å². The average Bonchev–Trinajstić information content (AvgIpc) is 3.34. The molecule has 1 aliphatic heterocycles. The fraction of sp³-hybridized carbons (Fsp3) is 0.947. The lowest BCUT2D eigenvalue weighted by Crippen LogP contribution is -2.60. The lowest BCUT2D eigenvalue weighted by Gasteiger charge is -2.40. The summed E-state index contributed by atoms with van der Waals surface area (Å²) in [6.07, 6.45) is 43.2. The van der Waals surface area contributed by atoms with Crippen LogP contribution in [0.15, 0.2) is 12.2 Å². The van der Waals surface area contributed by atoms with Crippen LogP contribution < -0.4 is 5.32 Å². The third-order valence-electron chi connectivity index (χ3n) is 14.3. The molecule has 0 radical (unpaired) electrons. The van der Waals surface area contributed by atoms with Crippen LogP contribution in [-0.4, -0.2) is 110 Å². The monoisotopic (exact) mass is 970 g/mol. The molecule has 9 atom stereocenters. The largest absolute Gasteiger partial charge is 0.394 e. The van der Waals surface area contributed by atoms with E-state index in [1.807, 2.05) is 0 Å². The second kappa shape index (κ2) is 46.9. The van der Waals surface area contributed by atoms with E-state index in [0.29, 0.717) is 12.8 Å². The number of ether oxygens (including phenoxy) is 2.